The average Bonchev–Trinajstić information content (AvgIpc) is 2.85. The topological polar surface area (TPSA) is 42.7 Å². The van der Waals surface area contributed by atoms with Gasteiger partial charge in [-0.3, -0.25) is 4.68 Å². The second-order valence-corrected chi connectivity index (χ2v) is 6.33. The van der Waals surface area contributed by atoms with Gasteiger partial charge in [-0.25, -0.2) is 4.98 Å². The van der Waals surface area contributed by atoms with Crippen LogP contribution in [0.15, 0.2) is 12.4 Å². The summed E-state index contributed by atoms with van der Waals surface area (Å²) in [6.07, 6.45) is 2.49. The molecule has 0 aromatic carbocycles. The number of thiophene rings is 1. The number of hydrogen-bond acceptors (Lipinski definition) is 4. The molecule has 1 atom stereocenters. The maximum absolute atomic E-state index is 6.11. The van der Waals surface area contributed by atoms with Crippen molar-refractivity contribution in [3.63, 3.8) is 0 Å². The van der Waals surface area contributed by atoms with Gasteiger partial charge in [0.2, 0.25) is 0 Å². The Hall–Kier alpha value is -0.620. The molecule has 1 N–H and O–H groups in total. The highest BCUT2D eigenvalue weighted by atomic mass is 35.5. The summed E-state index contributed by atoms with van der Waals surface area (Å²) in [5, 5.41) is 7.61. The van der Waals surface area contributed by atoms with Gasteiger partial charge in [0.25, 0.3) is 0 Å². The molecule has 2 aromatic heterocycles. The Morgan fingerprint density at radius 2 is 2.28 bits per heavy atom. The van der Waals surface area contributed by atoms with Crippen molar-refractivity contribution < 1.29 is 0 Å². The van der Waals surface area contributed by atoms with Crippen LogP contribution in [0.1, 0.15) is 24.4 Å². The number of nitrogens with zero attached hydrogens (tertiary/aromatic N) is 3. The van der Waals surface area contributed by atoms with E-state index in [9.17, 15) is 0 Å². The SMILES string of the molecule is CC(NCCc1ncn(C)n1)c1cc(Cl)sc1Cl. The van der Waals surface area contributed by atoms with Crippen LogP contribution in [0, 0.1) is 0 Å². The van der Waals surface area contributed by atoms with Gasteiger partial charge in [-0.2, -0.15) is 5.10 Å². The van der Waals surface area contributed by atoms with E-state index in [2.05, 4.69) is 22.3 Å². The van der Waals surface area contributed by atoms with Gasteiger partial charge < -0.3 is 5.32 Å². The van der Waals surface area contributed by atoms with Crippen molar-refractivity contribution in [2.45, 2.75) is 19.4 Å². The third kappa shape index (κ3) is 3.45. The minimum absolute atomic E-state index is 0.171. The molecule has 0 saturated carbocycles. The minimum atomic E-state index is 0.171. The summed E-state index contributed by atoms with van der Waals surface area (Å²) in [5.41, 5.74) is 1.04. The first-order chi connectivity index (χ1) is 8.56. The number of rotatable bonds is 5. The minimum Gasteiger partial charge on any atom is -0.310 e. The summed E-state index contributed by atoms with van der Waals surface area (Å²) in [6.45, 7) is 2.87. The average molecular weight is 305 g/mol. The molecular weight excluding hydrogens is 291 g/mol. The summed E-state index contributed by atoms with van der Waals surface area (Å²) in [7, 11) is 1.86. The lowest BCUT2D eigenvalue weighted by atomic mass is 10.2. The molecule has 0 amide bonds. The Morgan fingerprint density at radius 1 is 1.50 bits per heavy atom. The molecule has 0 aliphatic heterocycles. The Kier molecular flexibility index (Phi) is 4.61. The summed E-state index contributed by atoms with van der Waals surface area (Å²) < 4.78 is 3.17. The number of halogens is 2. The maximum Gasteiger partial charge on any atom is 0.151 e. The Balaban J connectivity index is 1.85. The number of nitrogens with one attached hydrogen (secondary N) is 1. The van der Waals surface area contributed by atoms with Gasteiger partial charge in [-0.15, -0.1) is 11.3 Å². The van der Waals surface area contributed by atoms with E-state index in [0.29, 0.717) is 0 Å². The van der Waals surface area contributed by atoms with E-state index in [0.717, 1.165) is 33.0 Å². The summed E-state index contributed by atoms with van der Waals surface area (Å²) in [4.78, 5) is 4.17. The van der Waals surface area contributed by atoms with Crippen LogP contribution in [-0.2, 0) is 13.5 Å². The summed E-state index contributed by atoms with van der Waals surface area (Å²) in [6, 6.07) is 2.08. The van der Waals surface area contributed by atoms with Gasteiger partial charge in [0.05, 0.1) is 8.67 Å². The van der Waals surface area contributed by atoms with Crippen LogP contribution in [0.2, 0.25) is 8.67 Å². The summed E-state index contributed by atoms with van der Waals surface area (Å²) in [5.74, 6) is 0.839. The molecule has 7 heteroatoms. The smallest absolute Gasteiger partial charge is 0.151 e. The van der Waals surface area contributed by atoms with Crippen molar-refractivity contribution in [3.05, 3.63) is 32.5 Å². The molecule has 0 saturated heterocycles. The predicted molar refractivity (Wildman–Crippen MR) is 75.5 cm³/mol. The normalized spacial score (nSPS) is 12.9. The lowest BCUT2D eigenvalue weighted by molar-refractivity contribution is 0.570. The Labute approximate surface area is 120 Å². The first-order valence-corrected chi connectivity index (χ1v) is 7.16. The third-order valence-corrected chi connectivity index (χ3v) is 4.11. The first kappa shape index (κ1) is 13.8. The van der Waals surface area contributed by atoms with E-state index >= 15 is 0 Å². The third-order valence-electron chi connectivity index (χ3n) is 2.60. The second-order valence-electron chi connectivity index (χ2n) is 4.04. The molecule has 0 aliphatic carbocycles. The van der Waals surface area contributed by atoms with Crippen molar-refractivity contribution in [1.29, 1.82) is 0 Å². The monoisotopic (exact) mass is 304 g/mol. The van der Waals surface area contributed by atoms with Crippen LogP contribution in [0.5, 0.6) is 0 Å². The molecule has 0 radical (unpaired) electrons. The zero-order valence-electron chi connectivity index (χ0n) is 10.2. The van der Waals surface area contributed by atoms with Gasteiger partial charge in [0, 0.05) is 26.1 Å². The largest absolute Gasteiger partial charge is 0.310 e. The molecule has 1 unspecified atom stereocenters. The Bertz CT molecular complexity index is 523. The van der Waals surface area contributed by atoms with E-state index in [1.807, 2.05) is 13.1 Å². The van der Waals surface area contributed by atoms with Gasteiger partial charge in [0.15, 0.2) is 5.82 Å². The van der Waals surface area contributed by atoms with Gasteiger partial charge in [-0.05, 0) is 18.6 Å². The highest BCUT2D eigenvalue weighted by molar-refractivity contribution is 7.20. The van der Waals surface area contributed by atoms with Crippen molar-refractivity contribution in [2.75, 3.05) is 6.54 Å². The van der Waals surface area contributed by atoms with E-state index < -0.39 is 0 Å². The van der Waals surface area contributed by atoms with Crippen LogP contribution in [0.4, 0.5) is 0 Å². The molecule has 0 spiro atoms. The van der Waals surface area contributed by atoms with Crippen molar-refractivity contribution in [1.82, 2.24) is 20.1 Å². The quantitative estimate of drug-likeness (QED) is 0.923. The Morgan fingerprint density at radius 3 is 2.83 bits per heavy atom. The van der Waals surface area contributed by atoms with Crippen LogP contribution >= 0.6 is 34.5 Å². The lowest BCUT2D eigenvalue weighted by Crippen LogP contribution is -2.21. The van der Waals surface area contributed by atoms with Crippen LogP contribution in [0.3, 0.4) is 0 Å². The van der Waals surface area contributed by atoms with Crippen LogP contribution in [0.25, 0.3) is 0 Å². The fraction of sp³-hybridized carbons (Fsp3) is 0.455. The fourth-order valence-electron chi connectivity index (χ4n) is 1.66. The molecule has 98 valence electrons. The zero-order valence-corrected chi connectivity index (χ0v) is 12.5. The molecule has 0 bridgehead atoms. The van der Waals surface area contributed by atoms with Crippen molar-refractivity contribution in [2.24, 2.45) is 7.05 Å². The highest BCUT2D eigenvalue weighted by Crippen LogP contribution is 2.34. The maximum atomic E-state index is 6.11. The lowest BCUT2D eigenvalue weighted by Gasteiger charge is -2.12. The molecule has 0 fully saturated rings. The van der Waals surface area contributed by atoms with Gasteiger partial charge in [-0.1, -0.05) is 23.2 Å². The number of aryl methyl sites for hydroxylation is 1. The van der Waals surface area contributed by atoms with Crippen molar-refractivity contribution in [3.8, 4) is 0 Å². The summed E-state index contributed by atoms with van der Waals surface area (Å²) >= 11 is 13.4. The molecule has 0 aliphatic rings. The van der Waals surface area contributed by atoms with Crippen molar-refractivity contribution >= 4 is 34.5 Å². The van der Waals surface area contributed by atoms with Gasteiger partial charge in [0.1, 0.15) is 6.33 Å². The molecular formula is C11H14Cl2N4S. The number of aromatic nitrogens is 3. The van der Waals surface area contributed by atoms with Crippen LogP contribution < -0.4 is 5.32 Å². The van der Waals surface area contributed by atoms with Gasteiger partial charge >= 0.3 is 0 Å². The molecule has 4 nitrogen and oxygen atoms in total. The van der Waals surface area contributed by atoms with E-state index in [1.165, 1.54) is 11.3 Å². The molecule has 18 heavy (non-hydrogen) atoms. The number of hydrogen-bond donors (Lipinski definition) is 1. The fourth-order valence-corrected chi connectivity index (χ4v) is 3.30. The second kappa shape index (κ2) is 6.02. The standard InChI is InChI=1S/C11H14Cl2N4S/c1-7(8-5-9(12)18-11(8)13)14-4-3-10-15-6-17(2)16-10/h5-7,14H,3-4H2,1-2H3. The van der Waals surface area contributed by atoms with Crippen LogP contribution in [-0.4, -0.2) is 21.3 Å². The van der Waals surface area contributed by atoms with E-state index in [4.69, 9.17) is 23.2 Å². The first-order valence-electron chi connectivity index (χ1n) is 5.59. The molecule has 2 rings (SSSR count). The van der Waals surface area contributed by atoms with E-state index in [1.54, 1.807) is 11.0 Å². The highest BCUT2D eigenvalue weighted by Gasteiger charge is 2.12. The molecule has 2 heterocycles. The predicted octanol–water partition coefficient (Wildman–Crippen LogP) is 3.08. The van der Waals surface area contributed by atoms with E-state index in [-0.39, 0.29) is 6.04 Å². The molecule has 2 aromatic rings. The zero-order chi connectivity index (χ0) is 13.1.